The molecule has 126 valence electrons. The van der Waals surface area contributed by atoms with Gasteiger partial charge in [0.2, 0.25) is 0 Å². The highest BCUT2D eigenvalue weighted by Crippen LogP contribution is 2.38. The fourth-order valence-electron chi connectivity index (χ4n) is 3.33. The molecule has 0 aromatic heterocycles. The van der Waals surface area contributed by atoms with Crippen molar-refractivity contribution >= 4 is 17.8 Å². The van der Waals surface area contributed by atoms with Crippen LogP contribution in [0.2, 0.25) is 0 Å². The first-order valence-corrected chi connectivity index (χ1v) is 8.04. The Morgan fingerprint density at radius 2 is 2.00 bits per heavy atom. The summed E-state index contributed by atoms with van der Waals surface area (Å²) in [4.78, 5) is 23.3. The number of Topliss-reactive ketones (excluding diaryl/α,β-unsaturated/α-hetero) is 1. The van der Waals surface area contributed by atoms with E-state index in [1.54, 1.807) is 0 Å². The standard InChI is InChI=1S/C19H20FNO3/c1-12-8-14(10-17(12)19(23)24)4-7-18(22)15(11-21)9-13-2-5-16(20)6-3-13/h2-3,5-6,9,12,14,17H,4,7-8,10H2,1H3,(H,23,24)/b15-9+/t12-,14?,17-/m1/s1. The van der Waals surface area contributed by atoms with Gasteiger partial charge in [0.15, 0.2) is 5.78 Å². The topological polar surface area (TPSA) is 78.2 Å². The summed E-state index contributed by atoms with van der Waals surface area (Å²) in [5, 5.41) is 18.3. The van der Waals surface area contributed by atoms with Crippen molar-refractivity contribution in [1.29, 1.82) is 5.26 Å². The lowest BCUT2D eigenvalue weighted by Crippen LogP contribution is -2.15. The molecule has 1 aliphatic rings. The summed E-state index contributed by atoms with van der Waals surface area (Å²) in [5.74, 6) is -1.42. The molecular weight excluding hydrogens is 309 g/mol. The van der Waals surface area contributed by atoms with Gasteiger partial charge in [-0.15, -0.1) is 0 Å². The zero-order valence-corrected chi connectivity index (χ0v) is 13.5. The van der Waals surface area contributed by atoms with E-state index in [1.807, 2.05) is 13.0 Å². The number of halogens is 1. The number of carbonyl (C=O) groups is 2. The zero-order chi connectivity index (χ0) is 17.7. The minimum atomic E-state index is -0.773. The molecule has 1 fully saturated rings. The molecule has 1 aromatic rings. The van der Waals surface area contributed by atoms with Crippen molar-refractivity contribution < 1.29 is 19.1 Å². The third kappa shape index (κ3) is 4.51. The number of rotatable bonds is 6. The Morgan fingerprint density at radius 1 is 1.33 bits per heavy atom. The van der Waals surface area contributed by atoms with E-state index in [-0.39, 0.29) is 41.3 Å². The third-order valence-corrected chi connectivity index (χ3v) is 4.68. The second-order valence-electron chi connectivity index (χ2n) is 6.44. The fourth-order valence-corrected chi connectivity index (χ4v) is 3.33. The molecule has 1 N–H and O–H groups in total. The summed E-state index contributed by atoms with van der Waals surface area (Å²) in [7, 11) is 0. The number of allylic oxidation sites excluding steroid dienone is 1. The van der Waals surface area contributed by atoms with Crippen LogP contribution < -0.4 is 0 Å². The van der Waals surface area contributed by atoms with Crippen molar-refractivity contribution in [2.24, 2.45) is 17.8 Å². The average Bonchev–Trinajstić information content (AvgIpc) is 2.93. The average molecular weight is 329 g/mol. The van der Waals surface area contributed by atoms with Gasteiger partial charge in [-0.25, -0.2) is 4.39 Å². The molecule has 1 aliphatic carbocycles. The van der Waals surface area contributed by atoms with E-state index in [0.717, 1.165) is 6.42 Å². The minimum absolute atomic E-state index is 0.0439. The van der Waals surface area contributed by atoms with E-state index in [9.17, 15) is 19.2 Å². The first kappa shape index (κ1) is 17.9. The largest absolute Gasteiger partial charge is 0.481 e. The lowest BCUT2D eigenvalue weighted by molar-refractivity contribution is -0.142. The first-order valence-electron chi connectivity index (χ1n) is 8.04. The van der Waals surface area contributed by atoms with Crippen molar-refractivity contribution in [2.75, 3.05) is 0 Å². The van der Waals surface area contributed by atoms with E-state index in [4.69, 9.17) is 5.11 Å². The van der Waals surface area contributed by atoms with Gasteiger partial charge in [-0.2, -0.15) is 5.26 Å². The Morgan fingerprint density at radius 3 is 2.54 bits per heavy atom. The Kier molecular flexibility index (Phi) is 5.86. The number of hydrogen-bond donors (Lipinski definition) is 1. The van der Waals surface area contributed by atoms with Gasteiger partial charge in [0, 0.05) is 6.42 Å². The maximum Gasteiger partial charge on any atom is 0.306 e. The third-order valence-electron chi connectivity index (χ3n) is 4.68. The van der Waals surface area contributed by atoms with Gasteiger partial charge in [-0.1, -0.05) is 19.1 Å². The molecule has 0 heterocycles. The molecule has 0 spiro atoms. The molecule has 0 aliphatic heterocycles. The molecule has 4 nitrogen and oxygen atoms in total. The van der Waals surface area contributed by atoms with E-state index in [0.29, 0.717) is 18.4 Å². The van der Waals surface area contributed by atoms with Crippen LogP contribution in [0.3, 0.4) is 0 Å². The number of carbonyl (C=O) groups excluding carboxylic acids is 1. The number of ketones is 1. The van der Waals surface area contributed by atoms with Crippen molar-refractivity contribution in [3.63, 3.8) is 0 Å². The van der Waals surface area contributed by atoms with Gasteiger partial charge in [-0.05, 0) is 54.9 Å². The van der Waals surface area contributed by atoms with E-state index in [1.165, 1.54) is 30.3 Å². The Labute approximate surface area is 140 Å². The predicted octanol–water partition coefficient (Wildman–Crippen LogP) is 3.83. The SMILES string of the molecule is C[C@@H]1CC(CCC(=O)/C(C#N)=C/c2ccc(F)cc2)C[C@H]1C(=O)O. The maximum atomic E-state index is 12.9. The fraction of sp³-hybridized carbons (Fsp3) is 0.421. The number of hydrogen-bond acceptors (Lipinski definition) is 3. The number of benzene rings is 1. The van der Waals surface area contributed by atoms with Gasteiger partial charge >= 0.3 is 5.97 Å². The van der Waals surface area contributed by atoms with Crippen molar-refractivity contribution in [2.45, 2.75) is 32.6 Å². The van der Waals surface area contributed by atoms with Crippen LogP contribution in [0.1, 0.15) is 38.2 Å². The molecule has 0 bridgehead atoms. The summed E-state index contributed by atoms with van der Waals surface area (Å²) in [6, 6.07) is 7.47. The summed E-state index contributed by atoms with van der Waals surface area (Å²) >= 11 is 0. The lowest BCUT2D eigenvalue weighted by atomic mass is 9.96. The second-order valence-corrected chi connectivity index (χ2v) is 6.44. The Balaban J connectivity index is 1.95. The summed E-state index contributed by atoms with van der Waals surface area (Å²) in [6.07, 6.45) is 3.67. The van der Waals surface area contributed by atoms with Crippen molar-refractivity contribution in [3.8, 4) is 6.07 Å². The molecular formula is C19H20FNO3. The number of nitriles is 1. The van der Waals surface area contributed by atoms with Gasteiger partial charge in [0.05, 0.1) is 11.5 Å². The van der Waals surface area contributed by atoms with Gasteiger partial charge < -0.3 is 5.11 Å². The van der Waals surface area contributed by atoms with Crippen molar-refractivity contribution in [1.82, 2.24) is 0 Å². The highest BCUT2D eigenvalue weighted by atomic mass is 19.1. The van der Waals surface area contributed by atoms with Crippen LogP contribution in [0.4, 0.5) is 4.39 Å². The lowest BCUT2D eigenvalue weighted by Gasteiger charge is -2.08. The molecule has 1 aromatic carbocycles. The monoisotopic (exact) mass is 329 g/mol. The highest BCUT2D eigenvalue weighted by molar-refractivity contribution is 6.03. The summed E-state index contributed by atoms with van der Waals surface area (Å²) in [5.41, 5.74) is 0.643. The second kappa shape index (κ2) is 7.87. The molecule has 1 saturated carbocycles. The van der Waals surface area contributed by atoms with Gasteiger partial charge in [0.1, 0.15) is 11.9 Å². The first-order chi connectivity index (χ1) is 11.4. The molecule has 1 unspecified atom stereocenters. The quantitative estimate of drug-likeness (QED) is 0.635. The maximum absolute atomic E-state index is 12.9. The highest BCUT2D eigenvalue weighted by Gasteiger charge is 2.35. The van der Waals surface area contributed by atoms with Crippen LogP contribution >= 0.6 is 0 Å². The Hall–Kier alpha value is -2.48. The van der Waals surface area contributed by atoms with Crippen LogP contribution in [0.15, 0.2) is 29.8 Å². The number of carboxylic acids is 1. The van der Waals surface area contributed by atoms with Crippen molar-refractivity contribution in [3.05, 3.63) is 41.2 Å². The molecule has 3 atom stereocenters. The molecule has 24 heavy (non-hydrogen) atoms. The van der Waals surface area contributed by atoms with Crippen LogP contribution in [-0.2, 0) is 9.59 Å². The summed E-state index contributed by atoms with van der Waals surface area (Å²) in [6.45, 7) is 1.93. The smallest absolute Gasteiger partial charge is 0.306 e. The molecule has 2 rings (SSSR count). The minimum Gasteiger partial charge on any atom is -0.481 e. The number of carboxylic acid groups (broad SMARTS) is 1. The van der Waals surface area contributed by atoms with Gasteiger partial charge in [-0.3, -0.25) is 9.59 Å². The van der Waals surface area contributed by atoms with Crippen LogP contribution in [0.25, 0.3) is 6.08 Å². The summed E-state index contributed by atoms with van der Waals surface area (Å²) < 4.78 is 12.9. The number of nitrogens with zero attached hydrogens (tertiary/aromatic N) is 1. The zero-order valence-electron chi connectivity index (χ0n) is 13.5. The van der Waals surface area contributed by atoms with E-state index >= 15 is 0 Å². The molecule has 0 saturated heterocycles. The molecule has 0 amide bonds. The number of aliphatic carboxylic acids is 1. The van der Waals surface area contributed by atoms with E-state index in [2.05, 4.69) is 0 Å². The molecule has 0 radical (unpaired) electrons. The van der Waals surface area contributed by atoms with Crippen LogP contribution in [0, 0.1) is 34.9 Å². The Bertz CT molecular complexity index is 688. The van der Waals surface area contributed by atoms with Crippen LogP contribution in [-0.4, -0.2) is 16.9 Å². The normalized spacial score (nSPS) is 23.7. The molecule has 5 heteroatoms. The van der Waals surface area contributed by atoms with Crippen LogP contribution in [0.5, 0.6) is 0 Å². The van der Waals surface area contributed by atoms with E-state index < -0.39 is 5.97 Å². The predicted molar refractivity (Wildman–Crippen MR) is 87.2 cm³/mol. The van der Waals surface area contributed by atoms with Gasteiger partial charge in [0.25, 0.3) is 0 Å².